The van der Waals surface area contributed by atoms with Crippen LogP contribution in [-0.4, -0.2) is 60.6 Å². The highest BCUT2D eigenvalue weighted by Crippen LogP contribution is 2.24. The lowest BCUT2D eigenvalue weighted by Gasteiger charge is -2.26. The Morgan fingerprint density at radius 1 is 1.44 bits per heavy atom. The minimum atomic E-state index is -0.965. The number of aromatic nitrogens is 3. The number of nitrogens with zero attached hydrogens (tertiary/aromatic N) is 4. The molecule has 9 nitrogen and oxygen atoms in total. The van der Waals surface area contributed by atoms with Crippen molar-refractivity contribution in [2.75, 3.05) is 13.1 Å². The highest BCUT2D eigenvalue weighted by Gasteiger charge is 2.36. The second kappa shape index (κ2) is 5.61. The first-order chi connectivity index (χ1) is 12.0. The average molecular weight is 345 g/mol. The van der Waals surface area contributed by atoms with E-state index in [0.29, 0.717) is 36.4 Å². The maximum Gasteiger partial charge on any atom is 0.407 e. The number of rotatable bonds is 3. The van der Waals surface area contributed by atoms with Crippen molar-refractivity contribution in [2.45, 2.75) is 38.8 Å². The Morgan fingerprint density at radius 2 is 2.24 bits per heavy atom. The molecule has 0 unspecified atom stereocenters. The van der Waals surface area contributed by atoms with E-state index in [9.17, 15) is 19.5 Å². The van der Waals surface area contributed by atoms with Crippen LogP contribution in [0.3, 0.4) is 0 Å². The van der Waals surface area contributed by atoms with Crippen LogP contribution in [0, 0.1) is 0 Å². The summed E-state index contributed by atoms with van der Waals surface area (Å²) in [5.74, 6) is -0.258. The Labute approximate surface area is 142 Å². The molecule has 2 N–H and O–H groups in total. The highest BCUT2D eigenvalue weighted by molar-refractivity contribution is 5.96. The largest absolute Gasteiger partial charge is 0.465 e. The number of amides is 2. The van der Waals surface area contributed by atoms with E-state index in [2.05, 4.69) is 10.1 Å². The van der Waals surface area contributed by atoms with Crippen LogP contribution in [0.15, 0.2) is 10.9 Å². The number of hydrogen-bond acceptors (Lipinski definition) is 4. The lowest BCUT2D eigenvalue weighted by atomic mass is 10.2. The Kier molecular flexibility index (Phi) is 3.52. The molecule has 2 aliphatic heterocycles. The predicted octanol–water partition coefficient (Wildman–Crippen LogP) is 0.683. The molecule has 0 spiro atoms. The number of carbonyl (C=O) groups excluding carboxylic acids is 1. The summed E-state index contributed by atoms with van der Waals surface area (Å²) in [7, 11) is 0. The molecule has 2 amide bonds. The first-order valence-electron chi connectivity index (χ1n) is 8.42. The molecule has 1 atom stereocenters. The van der Waals surface area contributed by atoms with Crippen LogP contribution in [0.1, 0.15) is 41.5 Å². The summed E-state index contributed by atoms with van der Waals surface area (Å²) in [6, 6.07) is 1.54. The van der Waals surface area contributed by atoms with Gasteiger partial charge in [-0.05, 0) is 19.3 Å². The number of carboxylic acid groups (broad SMARTS) is 1. The number of likely N-dealkylation sites (tertiary alicyclic amines) is 1. The van der Waals surface area contributed by atoms with Gasteiger partial charge in [-0.15, -0.1) is 0 Å². The molecule has 2 aromatic rings. The maximum absolute atomic E-state index is 12.7. The van der Waals surface area contributed by atoms with Crippen molar-refractivity contribution in [1.29, 1.82) is 0 Å². The van der Waals surface area contributed by atoms with Gasteiger partial charge >= 0.3 is 6.09 Å². The summed E-state index contributed by atoms with van der Waals surface area (Å²) in [6.45, 7) is 2.92. The molecule has 2 aliphatic rings. The first-order valence-corrected chi connectivity index (χ1v) is 8.42. The third-order valence-corrected chi connectivity index (χ3v) is 5.03. The second-order valence-electron chi connectivity index (χ2n) is 6.53. The topological polar surface area (TPSA) is 111 Å². The molecule has 0 bridgehead atoms. The van der Waals surface area contributed by atoms with Gasteiger partial charge in [0.25, 0.3) is 11.5 Å². The molecule has 2 aromatic heterocycles. The molecule has 25 heavy (non-hydrogen) atoms. The third kappa shape index (κ3) is 2.38. The van der Waals surface area contributed by atoms with Gasteiger partial charge in [-0.3, -0.25) is 9.59 Å². The van der Waals surface area contributed by atoms with Crippen LogP contribution in [0.25, 0.3) is 5.65 Å². The van der Waals surface area contributed by atoms with E-state index in [-0.39, 0.29) is 24.1 Å². The van der Waals surface area contributed by atoms with E-state index in [4.69, 9.17) is 0 Å². The zero-order valence-corrected chi connectivity index (χ0v) is 13.9. The van der Waals surface area contributed by atoms with Crippen molar-refractivity contribution in [3.63, 3.8) is 0 Å². The zero-order valence-electron chi connectivity index (χ0n) is 13.9. The van der Waals surface area contributed by atoms with E-state index in [1.807, 2.05) is 6.92 Å². The van der Waals surface area contributed by atoms with Gasteiger partial charge in [-0.2, -0.15) is 9.61 Å². The molecule has 4 rings (SSSR count). The van der Waals surface area contributed by atoms with E-state index in [0.717, 1.165) is 18.5 Å². The van der Waals surface area contributed by atoms with Crippen molar-refractivity contribution >= 4 is 17.6 Å². The fourth-order valence-electron chi connectivity index (χ4n) is 3.71. The molecule has 0 aromatic carbocycles. The van der Waals surface area contributed by atoms with Gasteiger partial charge in [0.1, 0.15) is 11.3 Å². The molecular formula is C16H19N5O4. The Hall–Kier alpha value is -2.84. The van der Waals surface area contributed by atoms with Crippen LogP contribution in [0.5, 0.6) is 0 Å². The molecule has 0 aliphatic carbocycles. The van der Waals surface area contributed by atoms with Crippen molar-refractivity contribution in [2.24, 2.45) is 0 Å². The molecule has 4 heterocycles. The Balaban J connectivity index is 1.64. The fourth-order valence-corrected chi connectivity index (χ4v) is 3.71. The molecular weight excluding hydrogens is 326 g/mol. The SMILES string of the molecule is CCc1cc2[nH]c3c(c(=O)n2n1)CN(C[C@H]1CCCN1C(=O)O)C3=O. The van der Waals surface area contributed by atoms with Gasteiger partial charge < -0.3 is 19.9 Å². The number of hydrogen-bond donors (Lipinski definition) is 2. The number of aromatic amines is 1. The van der Waals surface area contributed by atoms with Crippen molar-refractivity contribution in [1.82, 2.24) is 24.4 Å². The standard InChI is InChI=1S/C16H19N5O4/c1-2-9-6-12-17-13-11(14(22)21(12)18-9)8-19(15(13)23)7-10-4-3-5-20(10)16(24)25/h6,10,17H,2-5,7-8H2,1H3,(H,24,25)/t10-/m1/s1. The lowest BCUT2D eigenvalue weighted by molar-refractivity contribution is 0.0716. The highest BCUT2D eigenvalue weighted by atomic mass is 16.4. The van der Waals surface area contributed by atoms with Crippen LogP contribution in [-0.2, 0) is 13.0 Å². The van der Waals surface area contributed by atoms with E-state index in [1.165, 1.54) is 9.42 Å². The molecule has 0 saturated carbocycles. The number of nitrogens with one attached hydrogen (secondary N) is 1. The van der Waals surface area contributed by atoms with E-state index < -0.39 is 6.09 Å². The van der Waals surface area contributed by atoms with E-state index in [1.54, 1.807) is 11.0 Å². The average Bonchev–Trinajstić information content (AvgIpc) is 3.28. The Morgan fingerprint density at radius 3 is 2.96 bits per heavy atom. The number of aryl methyl sites for hydroxylation is 1. The van der Waals surface area contributed by atoms with Crippen LogP contribution < -0.4 is 5.56 Å². The molecule has 132 valence electrons. The van der Waals surface area contributed by atoms with Gasteiger partial charge in [-0.25, -0.2) is 4.79 Å². The Bertz CT molecular complexity index is 930. The van der Waals surface area contributed by atoms with Gasteiger partial charge in [0.2, 0.25) is 0 Å². The summed E-state index contributed by atoms with van der Waals surface area (Å²) in [5, 5.41) is 13.5. The summed E-state index contributed by atoms with van der Waals surface area (Å²) in [6.07, 6.45) is 1.25. The van der Waals surface area contributed by atoms with Gasteiger partial charge in [-0.1, -0.05) is 6.92 Å². The summed E-state index contributed by atoms with van der Waals surface area (Å²) >= 11 is 0. The van der Waals surface area contributed by atoms with Crippen molar-refractivity contribution in [3.05, 3.63) is 33.4 Å². The first kappa shape index (κ1) is 15.7. The van der Waals surface area contributed by atoms with Gasteiger partial charge in [0.15, 0.2) is 0 Å². The third-order valence-electron chi connectivity index (χ3n) is 5.03. The number of H-pyrrole nitrogens is 1. The maximum atomic E-state index is 12.7. The quantitative estimate of drug-likeness (QED) is 0.850. The van der Waals surface area contributed by atoms with E-state index >= 15 is 0 Å². The summed E-state index contributed by atoms with van der Waals surface area (Å²) in [5.41, 5.74) is 1.68. The molecule has 1 fully saturated rings. The predicted molar refractivity (Wildman–Crippen MR) is 87.7 cm³/mol. The van der Waals surface area contributed by atoms with Gasteiger partial charge in [0.05, 0.1) is 23.8 Å². The normalized spacial score (nSPS) is 19.9. The zero-order chi connectivity index (χ0) is 17.7. The van der Waals surface area contributed by atoms with Crippen molar-refractivity contribution in [3.8, 4) is 0 Å². The molecule has 0 radical (unpaired) electrons. The summed E-state index contributed by atoms with van der Waals surface area (Å²) in [4.78, 5) is 42.6. The van der Waals surface area contributed by atoms with Crippen LogP contribution in [0.4, 0.5) is 4.79 Å². The molecule has 1 saturated heterocycles. The minimum Gasteiger partial charge on any atom is -0.465 e. The molecule has 9 heteroatoms. The fraction of sp³-hybridized carbons (Fsp3) is 0.500. The van der Waals surface area contributed by atoms with Crippen LogP contribution in [0.2, 0.25) is 0 Å². The van der Waals surface area contributed by atoms with Crippen molar-refractivity contribution < 1.29 is 14.7 Å². The second-order valence-corrected chi connectivity index (χ2v) is 6.53. The van der Waals surface area contributed by atoms with Gasteiger partial charge in [0, 0.05) is 19.2 Å². The minimum absolute atomic E-state index is 0.185. The summed E-state index contributed by atoms with van der Waals surface area (Å²) < 4.78 is 1.30. The monoisotopic (exact) mass is 345 g/mol. The number of carbonyl (C=O) groups is 2. The smallest absolute Gasteiger partial charge is 0.407 e. The van der Waals surface area contributed by atoms with Crippen LogP contribution >= 0.6 is 0 Å². The number of fused-ring (bicyclic) bond motifs is 2. The lowest BCUT2D eigenvalue weighted by Crippen LogP contribution is -2.42.